The molecule has 0 spiro atoms. The van der Waals surface area contributed by atoms with Crippen molar-refractivity contribution in [3.05, 3.63) is 18.3 Å². The number of H-pyrrole nitrogens is 1. The van der Waals surface area contributed by atoms with E-state index in [9.17, 15) is 0 Å². The summed E-state index contributed by atoms with van der Waals surface area (Å²) in [6.07, 6.45) is 5.04. The van der Waals surface area contributed by atoms with Crippen molar-refractivity contribution in [2.45, 2.75) is 19.8 Å². The Bertz CT molecular complexity index is 489. The monoisotopic (exact) mass is 186 g/mol. The highest BCUT2D eigenvalue weighted by molar-refractivity contribution is 5.75. The Morgan fingerprint density at radius 3 is 3.14 bits per heavy atom. The largest absolute Gasteiger partial charge is 0.341 e. The van der Waals surface area contributed by atoms with Gasteiger partial charge in [0.2, 0.25) is 0 Å². The summed E-state index contributed by atoms with van der Waals surface area (Å²) in [6.45, 7) is 2.10. The van der Waals surface area contributed by atoms with Gasteiger partial charge in [0.25, 0.3) is 0 Å². The predicted molar refractivity (Wildman–Crippen MR) is 53.5 cm³/mol. The highest BCUT2D eigenvalue weighted by Crippen LogP contribution is 2.07. The average Bonchev–Trinajstić information content (AvgIpc) is 2.67. The first kappa shape index (κ1) is 8.70. The maximum atomic E-state index is 4.09. The van der Waals surface area contributed by atoms with Gasteiger partial charge in [-0.05, 0) is 12.3 Å². The zero-order valence-electron chi connectivity index (χ0n) is 7.91. The third kappa shape index (κ3) is 1.57. The van der Waals surface area contributed by atoms with E-state index in [-0.39, 0.29) is 0 Å². The number of aromatic nitrogens is 4. The number of fused-ring (bicyclic) bond motifs is 1. The summed E-state index contributed by atoms with van der Waals surface area (Å²) in [4.78, 5) is 15.1. The summed E-state index contributed by atoms with van der Waals surface area (Å²) in [5, 5.41) is 0. The van der Waals surface area contributed by atoms with Crippen LogP contribution in [0.15, 0.2) is 12.7 Å². The molecule has 0 fully saturated rings. The van der Waals surface area contributed by atoms with Crippen molar-refractivity contribution in [3.8, 4) is 11.8 Å². The second kappa shape index (κ2) is 3.88. The van der Waals surface area contributed by atoms with Crippen molar-refractivity contribution in [1.82, 2.24) is 19.9 Å². The number of nitrogens with zero attached hydrogens (tertiary/aromatic N) is 3. The second-order valence-electron chi connectivity index (χ2n) is 2.88. The van der Waals surface area contributed by atoms with Crippen LogP contribution < -0.4 is 0 Å². The lowest BCUT2D eigenvalue weighted by atomic mass is 10.3. The standard InChI is InChI=1S/C10H10N4/c1-2-3-4-5-8-9-10(13-6-11-8)14-7-12-9/h6-7H,2-3H2,1H3,(H,11,12,13,14). The first-order valence-corrected chi connectivity index (χ1v) is 4.54. The number of unbranched alkanes of at least 4 members (excludes halogenated alkanes) is 1. The molecule has 0 aliphatic heterocycles. The van der Waals surface area contributed by atoms with Gasteiger partial charge in [0.05, 0.1) is 6.33 Å². The van der Waals surface area contributed by atoms with E-state index in [2.05, 4.69) is 38.7 Å². The maximum absolute atomic E-state index is 4.09. The van der Waals surface area contributed by atoms with Crippen molar-refractivity contribution >= 4 is 11.2 Å². The van der Waals surface area contributed by atoms with Gasteiger partial charge in [-0.15, -0.1) is 0 Å². The molecule has 14 heavy (non-hydrogen) atoms. The van der Waals surface area contributed by atoms with Crippen molar-refractivity contribution in [2.75, 3.05) is 0 Å². The summed E-state index contributed by atoms with van der Waals surface area (Å²) in [6, 6.07) is 0. The fraction of sp³-hybridized carbons (Fsp3) is 0.300. The van der Waals surface area contributed by atoms with E-state index in [1.165, 1.54) is 6.33 Å². The molecule has 2 aromatic rings. The van der Waals surface area contributed by atoms with Gasteiger partial charge < -0.3 is 4.98 Å². The SMILES string of the molecule is CCCC#Cc1ncnc2nc[nH]c12. The van der Waals surface area contributed by atoms with Crippen molar-refractivity contribution < 1.29 is 0 Å². The summed E-state index contributed by atoms with van der Waals surface area (Å²) < 4.78 is 0. The number of aromatic amines is 1. The topological polar surface area (TPSA) is 54.5 Å². The molecule has 4 nitrogen and oxygen atoms in total. The van der Waals surface area contributed by atoms with Gasteiger partial charge in [0.15, 0.2) is 5.65 Å². The van der Waals surface area contributed by atoms with Crippen LogP contribution in [-0.4, -0.2) is 19.9 Å². The van der Waals surface area contributed by atoms with Crippen molar-refractivity contribution in [2.24, 2.45) is 0 Å². The lowest BCUT2D eigenvalue weighted by Crippen LogP contribution is -1.87. The summed E-state index contributed by atoms with van der Waals surface area (Å²) in [7, 11) is 0. The Balaban J connectivity index is 2.43. The average molecular weight is 186 g/mol. The molecule has 0 aliphatic carbocycles. The molecule has 0 saturated carbocycles. The van der Waals surface area contributed by atoms with Crippen LogP contribution in [0.4, 0.5) is 0 Å². The van der Waals surface area contributed by atoms with Gasteiger partial charge in [0, 0.05) is 6.42 Å². The second-order valence-corrected chi connectivity index (χ2v) is 2.88. The van der Waals surface area contributed by atoms with Gasteiger partial charge in [-0.2, -0.15) is 0 Å². The molecule has 0 atom stereocenters. The zero-order valence-corrected chi connectivity index (χ0v) is 7.91. The lowest BCUT2D eigenvalue weighted by molar-refractivity contribution is 0.983. The molecule has 0 aromatic carbocycles. The summed E-state index contributed by atoms with van der Waals surface area (Å²) in [5.41, 5.74) is 2.21. The van der Waals surface area contributed by atoms with Crippen molar-refractivity contribution in [1.29, 1.82) is 0 Å². The van der Waals surface area contributed by atoms with Crippen LogP contribution in [0.2, 0.25) is 0 Å². The third-order valence-corrected chi connectivity index (χ3v) is 1.80. The number of hydrogen-bond donors (Lipinski definition) is 1. The first-order chi connectivity index (χ1) is 6.92. The van der Waals surface area contributed by atoms with E-state index in [1.807, 2.05) is 0 Å². The minimum atomic E-state index is 0.667. The Labute approximate surface area is 81.8 Å². The minimum absolute atomic E-state index is 0.667. The van der Waals surface area contributed by atoms with E-state index in [0.717, 1.165) is 24.1 Å². The highest BCUT2D eigenvalue weighted by Gasteiger charge is 2.01. The minimum Gasteiger partial charge on any atom is -0.341 e. The summed E-state index contributed by atoms with van der Waals surface area (Å²) >= 11 is 0. The molecule has 4 heteroatoms. The Morgan fingerprint density at radius 1 is 1.36 bits per heavy atom. The van der Waals surface area contributed by atoms with Crippen LogP contribution in [0.3, 0.4) is 0 Å². The Kier molecular flexibility index (Phi) is 2.41. The molecule has 0 amide bonds. The Hall–Kier alpha value is -1.89. The molecule has 2 aromatic heterocycles. The highest BCUT2D eigenvalue weighted by atomic mass is 15.0. The lowest BCUT2D eigenvalue weighted by Gasteiger charge is -1.90. The molecule has 2 rings (SSSR count). The molecular weight excluding hydrogens is 176 g/mol. The Morgan fingerprint density at radius 2 is 2.29 bits per heavy atom. The quantitative estimate of drug-likeness (QED) is 0.687. The molecule has 0 saturated heterocycles. The predicted octanol–water partition coefficient (Wildman–Crippen LogP) is 1.50. The molecule has 0 aliphatic rings. The van der Waals surface area contributed by atoms with Crippen molar-refractivity contribution in [3.63, 3.8) is 0 Å². The fourth-order valence-electron chi connectivity index (χ4n) is 1.13. The molecule has 70 valence electrons. The van der Waals surface area contributed by atoms with Gasteiger partial charge >= 0.3 is 0 Å². The molecule has 0 bridgehead atoms. The molecule has 0 radical (unpaired) electrons. The number of nitrogens with one attached hydrogen (secondary N) is 1. The van der Waals surface area contributed by atoms with Crippen LogP contribution in [0, 0.1) is 11.8 Å². The zero-order chi connectivity index (χ0) is 9.80. The molecular formula is C10H10N4. The van der Waals surface area contributed by atoms with Crippen LogP contribution in [0.25, 0.3) is 11.2 Å². The van der Waals surface area contributed by atoms with E-state index < -0.39 is 0 Å². The van der Waals surface area contributed by atoms with E-state index in [1.54, 1.807) is 6.33 Å². The van der Waals surface area contributed by atoms with Gasteiger partial charge in [-0.25, -0.2) is 15.0 Å². The molecule has 1 N–H and O–H groups in total. The van der Waals surface area contributed by atoms with E-state index >= 15 is 0 Å². The number of hydrogen-bond acceptors (Lipinski definition) is 3. The molecule has 0 unspecified atom stereocenters. The summed E-state index contributed by atoms with van der Waals surface area (Å²) in [5.74, 6) is 6.05. The van der Waals surface area contributed by atoms with E-state index in [4.69, 9.17) is 0 Å². The van der Waals surface area contributed by atoms with Crippen LogP contribution in [-0.2, 0) is 0 Å². The van der Waals surface area contributed by atoms with Gasteiger partial charge in [0.1, 0.15) is 17.5 Å². The normalized spacial score (nSPS) is 9.79. The maximum Gasteiger partial charge on any atom is 0.181 e. The van der Waals surface area contributed by atoms with Gasteiger partial charge in [-0.3, -0.25) is 0 Å². The van der Waals surface area contributed by atoms with Gasteiger partial charge in [-0.1, -0.05) is 12.8 Å². The first-order valence-electron chi connectivity index (χ1n) is 4.54. The smallest absolute Gasteiger partial charge is 0.181 e. The van der Waals surface area contributed by atoms with Crippen LogP contribution >= 0.6 is 0 Å². The number of rotatable bonds is 1. The third-order valence-electron chi connectivity index (χ3n) is 1.80. The fourth-order valence-corrected chi connectivity index (χ4v) is 1.13. The number of imidazole rings is 1. The van der Waals surface area contributed by atoms with E-state index in [0.29, 0.717) is 5.65 Å². The van der Waals surface area contributed by atoms with Crippen LogP contribution in [0.5, 0.6) is 0 Å². The molecule has 2 heterocycles. The van der Waals surface area contributed by atoms with Crippen LogP contribution in [0.1, 0.15) is 25.5 Å².